The number of aliphatic hydroxyl groups is 2. The molecule has 0 saturated heterocycles. The minimum atomic E-state index is -4.64. The average molecular weight is 825 g/mol. The molecule has 0 amide bonds. The highest BCUT2D eigenvalue weighted by molar-refractivity contribution is 7.47. The maximum Gasteiger partial charge on any atom is 0.472 e. The standard InChI is InChI=1S/C46H81O10P/c1-3-5-7-9-11-13-15-17-18-19-20-21-22-23-24-26-27-29-31-33-35-37-45(49)53-41-44(42-55-57(51,52)54-40-43(48)39-47)56-46(50)38-36-34-32-30-28-25-16-14-12-10-8-6-4-2/h6,8,12,14,19-20,25,28,32,34,43-44,47-48H,3-5,7,9-11,13,15-18,21-24,26-27,29-31,33,35-42H2,1-2H3,(H,51,52)/b8-6-,14-12-,20-19-,28-25-,34-32-. The Morgan fingerprint density at radius 3 is 1.53 bits per heavy atom. The fraction of sp³-hybridized carbons (Fsp3) is 0.739. The van der Waals surface area contributed by atoms with Crippen molar-refractivity contribution >= 4 is 19.8 Å². The van der Waals surface area contributed by atoms with Gasteiger partial charge in [0.25, 0.3) is 0 Å². The number of hydrogen-bond acceptors (Lipinski definition) is 9. The molecular formula is C46H81O10P. The lowest BCUT2D eigenvalue weighted by atomic mass is 10.1. The zero-order chi connectivity index (χ0) is 41.9. The molecule has 0 spiro atoms. The summed E-state index contributed by atoms with van der Waals surface area (Å²) in [5, 5.41) is 18.3. The number of carbonyl (C=O) groups is 2. The molecule has 11 heteroatoms. The van der Waals surface area contributed by atoms with Crippen molar-refractivity contribution in [3.05, 3.63) is 60.8 Å². The molecule has 0 bridgehead atoms. The molecule has 57 heavy (non-hydrogen) atoms. The smallest absolute Gasteiger partial charge is 0.462 e. The number of carbonyl (C=O) groups excluding carboxylic acids is 2. The van der Waals surface area contributed by atoms with Gasteiger partial charge in [-0.15, -0.1) is 0 Å². The maximum atomic E-state index is 12.5. The molecule has 0 rings (SSSR count). The number of aliphatic hydroxyl groups excluding tert-OH is 2. The van der Waals surface area contributed by atoms with E-state index in [1.165, 1.54) is 96.3 Å². The van der Waals surface area contributed by atoms with Crippen LogP contribution < -0.4 is 0 Å². The zero-order valence-corrected chi connectivity index (χ0v) is 36.7. The summed E-state index contributed by atoms with van der Waals surface area (Å²) in [6.45, 7) is 2.18. The molecule has 3 N–H and O–H groups in total. The van der Waals surface area contributed by atoms with E-state index < -0.39 is 51.8 Å². The highest BCUT2D eigenvalue weighted by atomic mass is 31.2. The summed E-state index contributed by atoms with van der Waals surface area (Å²) in [5.41, 5.74) is 0. The van der Waals surface area contributed by atoms with E-state index in [1.807, 2.05) is 12.2 Å². The van der Waals surface area contributed by atoms with Gasteiger partial charge in [0.05, 0.1) is 19.8 Å². The molecule has 0 aromatic rings. The van der Waals surface area contributed by atoms with Crippen LogP contribution in [0.15, 0.2) is 60.8 Å². The summed E-state index contributed by atoms with van der Waals surface area (Å²) in [6, 6.07) is 0. The summed E-state index contributed by atoms with van der Waals surface area (Å²) in [4.78, 5) is 34.9. The van der Waals surface area contributed by atoms with Crippen LogP contribution in [0.1, 0.15) is 181 Å². The molecule has 3 atom stereocenters. The quantitative estimate of drug-likeness (QED) is 0.0235. The molecule has 330 valence electrons. The maximum absolute atomic E-state index is 12.5. The molecule has 0 aliphatic rings. The van der Waals surface area contributed by atoms with Crippen molar-refractivity contribution in [1.82, 2.24) is 0 Å². The van der Waals surface area contributed by atoms with Gasteiger partial charge in [-0.3, -0.25) is 18.6 Å². The minimum Gasteiger partial charge on any atom is -0.462 e. The second kappa shape index (κ2) is 41.8. The molecule has 0 aliphatic heterocycles. The molecule has 0 radical (unpaired) electrons. The largest absolute Gasteiger partial charge is 0.472 e. The number of hydrogen-bond donors (Lipinski definition) is 3. The van der Waals surface area contributed by atoms with E-state index >= 15 is 0 Å². The van der Waals surface area contributed by atoms with Crippen LogP contribution in [0.3, 0.4) is 0 Å². The Hall–Kier alpha value is -2.33. The summed E-state index contributed by atoms with van der Waals surface area (Å²) in [7, 11) is -4.64. The lowest BCUT2D eigenvalue weighted by molar-refractivity contribution is -0.161. The number of phosphoric acid groups is 1. The van der Waals surface area contributed by atoms with Crippen molar-refractivity contribution in [3.63, 3.8) is 0 Å². The van der Waals surface area contributed by atoms with Crippen LogP contribution in [0.5, 0.6) is 0 Å². The Labute approximate surface area is 346 Å². The van der Waals surface area contributed by atoms with Gasteiger partial charge in [-0.05, 0) is 64.2 Å². The summed E-state index contributed by atoms with van der Waals surface area (Å²) in [6.07, 6.45) is 46.4. The number of rotatable bonds is 41. The summed E-state index contributed by atoms with van der Waals surface area (Å²) < 4.78 is 32.6. The lowest BCUT2D eigenvalue weighted by Gasteiger charge is -2.20. The molecule has 0 aromatic carbocycles. The Morgan fingerprint density at radius 2 is 1.00 bits per heavy atom. The predicted molar refractivity (Wildman–Crippen MR) is 233 cm³/mol. The first-order valence-corrected chi connectivity index (χ1v) is 23.7. The molecule has 0 aliphatic carbocycles. The van der Waals surface area contributed by atoms with Crippen molar-refractivity contribution in [3.8, 4) is 0 Å². The molecule has 0 heterocycles. The van der Waals surface area contributed by atoms with E-state index in [2.05, 4.69) is 67.0 Å². The second-order valence-electron chi connectivity index (χ2n) is 14.7. The lowest BCUT2D eigenvalue weighted by Crippen LogP contribution is -2.29. The first-order valence-electron chi connectivity index (χ1n) is 22.2. The Kier molecular flexibility index (Phi) is 40.1. The molecule has 10 nitrogen and oxygen atoms in total. The van der Waals surface area contributed by atoms with E-state index in [9.17, 15) is 24.2 Å². The van der Waals surface area contributed by atoms with Crippen LogP contribution in [0.2, 0.25) is 0 Å². The normalized spacial score (nSPS) is 14.4. The third-order valence-corrected chi connectivity index (χ3v) is 10.1. The third kappa shape index (κ3) is 41.6. The molecule has 0 saturated carbocycles. The van der Waals surface area contributed by atoms with Gasteiger partial charge in [0, 0.05) is 12.8 Å². The fourth-order valence-corrected chi connectivity index (χ4v) is 6.56. The molecule has 0 aromatic heterocycles. The van der Waals surface area contributed by atoms with Gasteiger partial charge < -0.3 is 24.6 Å². The molecule has 0 fully saturated rings. The van der Waals surface area contributed by atoms with Gasteiger partial charge in [0.2, 0.25) is 0 Å². The summed E-state index contributed by atoms with van der Waals surface area (Å²) >= 11 is 0. The Bertz CT molecular complexity index is 1130. The molecule has 3 unspecified atom stereocenters. The van der Waals surface area contributed by atoms with Crippen LogP contribution in [0, 0.1) is 0 Å². The van der Waals surface area contributed by atoms with Crippen molar-refractivity contribution in [2.45, 2.75) is 193 Å². The number of esters is 2. The van der Waals surface area contributed by atoms with E-state index in [4.69, 9.17) is 19.1 Å². The monoisotopic (exact) mass is 825 g/mol. The van der Waals surface area contributed by atoms with Crippen molar-refractivity contribution in [1.29, 1.82) is 0 Å². The van der Waals surface area contributed by atoms with Crippen LogP contribution >= 0.6 is 7.82 Å². The topological polar surface area (TPSA) is 149 Å². The van der Waals surface area contributed by atoms with Crippen LogP contribution in [0.25, 0.3) is 0 Å². The van der Waals surface area contributed by atoms with E-state index in [0.29, 0.717) is 12.8 Å². The van der Waals surface area contributed by atoms with Gasteiger partial charge in [0.15, 0.2) is 6.10 Å². The second-order valence-corrected chi connectivity index (χ2v) is 16.1. The first kappa shape index (κ1) is 54.7. The van der Waals surface area contributed by atoms with Crippen molar-refractivity contribution in [2.24, 2.45) is 0 Å². The highest BCUT2D eigenvalue weighted by Crippen LogP contribution is 2.43. The van der Waals surface area contributed by atoms with Gasteiger partial charge in [0.1, 0.15) is 12.7 Å². The van der Waals surface area contributed by atoms with Crippen LogP contribution in [-0.2, 0) is 32.7 Å². The number of phosphoric ester groups is 1. The predicted octanol–water partition coefficient (Wildman–Crippen LogP) is 11.9. The average Bonchev–Trinajstić information content (AvgIpc) is 3.20. The van der Waals surface area contributed by atoms with E-state index in [-0.39, 0.29) is 19.4 Å². The molecular weight excluding hydrogens is 743 g/mol. The van der Waals surface area contributed by atoms with E-state index in [0.717, 1.165) is 44.9 Å². The highest BCUT2D eigenvalue weighted by Gasteiger charge is 2.27. The Balaban J connectivity index is 4.28. The number of unbranched alkanes of at least 4 members (excludes halogenated alkanes) is 17. The zero-order valence-electron chi connectivity index (χ0n) is 35.8. The van der Waals surface area contributed by atoms with Crippen molar-refractivity contribution in [2.75, 3.05) is 26.4 Å². The van der Waals surface area contributed by atoms with Gasteiger partial charge in [-0.25, -0.2) is 4.57 Å². The number of ether oxygens (including phenoxy) is 2. The summed E-state index contributed by atoms with van der Waals surface area (Å²) in [5.74, 6) is -1.02. The van der Waals surface area contributed by atoms with Gasteiger partial charge >= 0.3 is 19.8 Å². The van der Waals surface area contributed by atoms with E-state index in [1.54, 1.807) is 0 Å². The van der Waals surface area contributed by atoms with Crippen LogP contribution in [-0.4, -0.2) is 65.7 Å². The fourth-order valence-electron chi connectivity index (χ4n) is 5.77. The minimum absolute atomic E-state index is 0.0610. The first-order chi connectivity index (χ1) is 27.7. The van der Waals surface area contributed by atoms with Gasteiger partial charge in [-0.2, -0.15) is 0 Å². The van der Waals surface area contributed by atoms with Crippen LogP contribution in [0.4, 0.5) is 0 Å². The SMILES string of the molecule is CC/C=C\C/C=C\C/C=C\C/C=C\CCC(=O)OC(COC(=O)CCCCCCCCCCC/C=C\CCCCCCCCCC)COP(=O)(O)OCC(O)CO. The third-order valence-electron chi connectivity index (χ3n) is 9.17. The van der Waals surface area contributed by atoms with Crippen molar-refractivity contribution < 1.29 is 47.8 Å². The Morgan fingerprint density at radius 1 is 0.544 bits per heavy atom. The number of allylic oxidation sites excluding steroid dienone is 10. The van der Waals surface area contributed by atoms with Gasteiger partial charge in [-0.1, -0.05) is 164 Å².